The van der Waals surface area contributed by atoms with E-state index in [4.69, 9.17) is 0 Å². The van der Waals surface area contributed by atoms with Crippen LogP contribution in [-0.2, 0) is 26.2 Å². The van der Waals surface area contributed by atoms with Crippen LogP contribution in [-0.4, -0.2) is 25.7 Å². The molecule has 0 fully saturated rings. The summed E-state index contributed by atoms with van der Waals surface area (Å²) in [6.45, 7) is -0.207. The Labute approximate surface area is 129 Å². The van der Waals surface area contributed by atoms with E-state index in [1.807, 2.05) is 29.2 Å². The fraction of sp³-hybridized carbons (Fsp3) is 0.333. The van der Waals surface area contributed by atoms with Crippen molar-refractivity contribution in [3.05, 3.63) is 57.8 Å². The molecular weight excluding hydrogens is 311 g/mol. The highest BCUT2D eigenvalue weighted by atomic mass is 19.4. The number of fused-ring (bicyclic) bond motifs is 1. The topological polar surface area (TPSA) is 58.4 Å². The second-order valence-corrected chi connectivity index (χ2v) is 5.48. The summed E-state index contributed by atoms with van der Waals surface area (Å²) in [5.74, 6) is -0.805. The third-order valence-electron chi connectivity index (χ3n) is 3.72. The zero-order chi connectivity index (χ0) is 16.6. The molecule has 23 heavy (non-hydrogen) atoms. The van der Waals surface area contributed by atoms with Gasteiger partial charge in [0.05, 0.1) is 12.7 Å². The van der Waals surface area contributed by atoms with Gasteiger partial charge in [0, 0.05) is 13.1 Å². The number of benzene rings is 1. The maximum Gasteiger partial charge on any atom is 0.406 e. The predicted molar refractivity (Wildman–Crippen MR) is 75.6 cm³/mol. The largest absolute Gasteiger partial charge is 0.502 e. The van der Waals surface area contributed by atoms with Crippen molar-refractivity contribution in [1.82, 2.24) is 14.5 Å². The first-order valence-corrected chi connectivity index (χ1v) is 6.97. The minimum absolute atomic E-state index is 0.0158. The molecule has 0 spiro atoms. The van der Waals surface area contributed by atoms with Gasteiger partial charge in [0.25, 0.3) is 5.56 Å². The summed E-state index contributed by atoms with van der Waals surface area (Å²) in [4.78, 5) is 17.5. The van der Waals surface area contributed by atoms with Crippen LogP contribution in [0.3, 0.4) is 0 Å². The molecule has 0 saturated heterocycles. The normalized spacial score (nSPS) is 14.9. The van der Waals surface area contributed by atoms with Gasteiger partial charge >= 0.3 is 6.18 Å². The van der Waals surface area contributed by atoms with Gasteiger partial charge in [-0.3, -0.25) is 14.3 Å². The van der Waals surface area contributed by atoms with Crippen LogP contribution in [0.2, 0.25) is 0 Å². The van der Waals surface area contributed by atoms with Crippen LogP contribution in [0.25, 0.3) is 0 Å². The van der Waals surface area contributed by atoms with Gasteiger partial charge < -0.3 is 5.11 Å². The molecule has 1 aromatic carbocycles. The lowest BCUT2D eigenvalue weighted by atomic mass is 10.1. The molecule has 0 saturated carbocycles. The van der Waals surface area contributed by atoms with E-state index in [1.165, 1.54) is 0 Å². The van der Waals surface area contributed by atoms with E-state index in [-0.39, 0.29) is 12.4 Å². The second-order valence-electron chi connectivity index (χ2n) is 5.48. The molecule has 0 bridgehead atoms. The molecule has 0 amide bonds. The average molecular weight is 325 g/mol. The van der Waals surface area contributed by atoms with Crippen molar-refractivity contribution in [1.29, 1.82) is 0 Å². The summed E-state index contributed by atoms with van der Waals surface area (Å²) in [6, 6.07) is 7.73. The molecular formula is C15H14F3N3O2. The Hall–Kier alpha value is -2.35. The number of hydrogen-bond acceptors (Lipinski definition) is 4. The van der Waals surface area contributed by atoms with Crippen LogP contribution in [0, 0.1) is 0 Å². The van der Waals surface area contributed by atoms with E-state index < -0.39 is 24.0 Å². The van der Waals surface area contributed by atoms with Gasteiger partial charge in [0.1, 0.15) is 12.4 Å². The summed E-state index contributed by atoms with van der Waals surface area (Å²) in [7, 11) is 0. The van der Waals surface area contributed by atoms with Gasteiger partial charge in [-0.25, -0.2) is 4.98 Å². The number of hydrogen-bond donors (Lipinski definition) is 1. The van der Waals surface area contributed by atoms with Crippen molar-refractivity contribution in [2.45, 2.75) is 32.4 Å². The molecule has 3 rings (SSSR count). The zero-order valence-electron chi connectivity index (χ0n) is 12.0. The highest BCUT2D eigenvalue weighted by Gasteiger charge is 2.31. The van der Waals surface area contributed by atoms with Gasteiger partial charge in [-0.1, -0.05) is 24.3 Å². The van der Waals surface area contributed by atoms with Crippen molar-refractivity contribution in [2.75, 3.05) is 0 Å². The molecule has 1 aromatic heterocycles. The van der Waals surface area contributed by atoms with Crippen molar-refractivity contribution in [2.24, 2.45) is 0 Å². The fourth-order valence-electron chi connectivity index (χ4n) is 2.70. The molecule has 1 N–H and O–H groups in total. The Morgan fingerprint density at radius 3 is 2.35 bits per heavy atom. The third kappa shape index (κ3) is 3.37. The van der Waals surface area contributed by atoms with E-state index in [2.05, 4.69) is 4.98 Å². The SMILES string of the molecule is O=c1c(O)cnc(CN2Cc3ccccc3C2)n1CC(F)(F)F. The Kier molecular flexibility index (Phi) is 3.85. The van der Waals surface area contributed by atoms with Gasteiger partial charge in [0.15, 0.2) is 5.75 Å². The first-order valence-electron chi connectivity index (χ1n) is 6.97. The molecule has 1 aliphatic rings. The first-order chi connectivity index (χ1) is 10.8. The third-order valence-corrected chi connectivity index (χ3v) is 3.72. The number of rotatable bonds is 3. The molecule has 8 heteroatoms. The van der Waals surface area contributed by atoms with Crippen LogP contribution >= 0.6 is 0 Å². The quantitative estimate of drug-likeness (QED) is 0.938. The molecule has 0 unspecified atom stereocenters. The lowest BCUT2D eigenvalue weighted by molar-refractivity contribution is -0.142. The molecule has 122 valence electrons. The standard InChI is InChI=1S/C15H14F3N3O2/c16-15(17,18)9-21-13(19-5-12(22)14(21)23)8-20-6-10-3-1-2-4-11(10)7-20/h1-5,22H,6-9H2. The molecule has 2 heterocycles. The second kappa shape index (κ2) is 5.69. The number of aromatic hydroxyl groups is 1. The Bertz CT molecular complexity index is 761. The van der Waals surface area contributed by atoms with Crippen LogP contribution in [0.1, 0.15) is 17.0 Å². The monoisotopic (exact) mass is 325 g/mol. The molecule has 0 atom stereocenters. The minimum Gasteiger partial charge on any atom is -0.502 e. The molecule has 5 nitrogen and oxygen atoms in total. The highest BCUT2D eigenvalue weighted by molar-refractivity contribution is 5.30. The summed E-state index contributed by atoms with van der Waals surface area (Å²) in [5, 5.41) is 9.35. The Morgan fingerprint density at radius 1 is 1.17 bits per heavy atom. The zero-order valence-corrected chi connectivity index (χ0v) is 12.0. The van der Waals surface area contributed by atoms with Crippen molar-refractivity contribution in [3.63, 3.8) is 0 Å². The molecule has 2 aromatic rings. The number of aromatic nitrogens is 2. The Morgan fingerprint density at radius 2 is 1.78 bits per heavy atom. The van der Waals surface area contributed by atoms with Gasteiger partial charge in [0.2, 0.25) is 0 Å². The van der Waals surface area contributed by atoms with E-state index >= 15 is 0 Å². The molecule has 1 aliphatic heterocycles. The molecule has 0 radical (unpaired) electrons. The van der Waals surface area contributed by atoms with Gasteiger partial charge in [-0.2, -0.15) is 13.2 Å². The van der Waals surface area contributed by atoms with Crippen LogP contribution in [0.5, 0.6) is 5.75 Å². The first kappa shape index (κ1) is 15.5. The predicted octanol–water partition coefficient (Wildman–Crippen LogP) is 2.03. The van der Waals surface area contributed by atoms with Crippen LogP contribution in [0.4, 0.5) is 13.2 Å². The lowest BCUT2D eigenvalue weighted by Crippen LogP contribution is -2.33. The summed E-state index contributed by atoms with van der Waals surface area (Å²) < 4.78 is 38.5. The number of halogens is 3. The van der Waals surface area contributed by atoms with Crippen LogP contribution < -0.4 is 5.56 Å². The van der Waals surface area contributed by atoms with Gasteiger partial charge in [-0.05, 0) is 11.1 Å². The van der Waals surface area contributed by atoms with Gasteiger partial charge in [-0.15, -0.1) is 0 Å². The summed E-state index contributed by atoms with van der Waals surface area (Å²) >= 11 is 0. The van der Waals surface area contributed by atoms with Crippen LogP contribution in [0.15, 0.2) is 35.3 Å². The van der Waals surface area contributed by atoms with Crippen molar-refractivity contribution in [3.8, 4) is 5.75 Å². The Balaban J connectivity index is 1.86. The maximum atomic E-state index is 12.7. The number of nitrogens with zero attached hydrogens (tertiary/aromatic N) is 3. The summed E-state index contributed by atoms with van der Waals surface area (Å²) in [5.41, 5.74) is 1.14. The fourth-order valence-corrected chi connectivity index (χ4v) is 2.70. The average Bonchev–Trinajstić information content (AvgIpc) is 2.88. The maximum absolute atomic E-state index is 12.7. The van der Waals surface area contributed by atoms with E-state index in [1.54, 1.807) is 0 Å². The smallest absolute Gasteiger partial charge is 0.406 e. The molecule has 0 aliphatic carbocycles. The van der Waals surface area contributed by atoms with E-state index in [9.17, 15) is 23.1 Å². The summed E-state index contributed by atoms with van der Waals surface area (Å²) in [6.07, 6.45) is -3.67. The van der Waals surface area contributed by atoms with Crippen molar-refractivity contribution < 1.29 is 18.3 Å². The lowest BCUT2D eigenvalue weighted by Gasteiger charge is -2.19. The van der Waals surface area contributed by atoms with E-state index in [0.29, 0.717) is 17.7 Å². The highest BCUT2D eigenvalue weighted by Crippen LogP contribution is 2.24. The van der Waals surface area contributed by atoms with E-state index in [0.717, 1.165) is 17.3 Å². The van der Waals surface area contributed by atoms with Crippen molar-refractivity contribution >= 4 is 0 Å². The minimum atomic E-state index is -4.57. The number of alkyl halides is 3.